The Morgan fingerprint density at radius 1 is 1.53 bits per heavy atom. The molecule has 4 heteroatoms. The van der Waals surface area contributed by atoms with Crippen LogP contribution < -0.4 is 5.32 Å². The van der Waals surface area contributed by atoms with Gasteiger partial charge in [0.05, 0.1) is 6.10 Å². The summed E-state index contributed by atoms with van der Waals surface area (Å²) in [5.41, 5.74) is 0. The third kappa shape index (κ3) is 5.33. The van der Waals surface area contributed by atoms with Crippen LogP contribution in [0.5, 0.6) is 0 Å². The monoisotopic (exact) mass is 240 g/mol. The lowest BCUT2D eigenvalue weighted by atomic mass is 10.1. The smallest absolute Gasteiger partial charge is 0.248 e. The average molecular weight is 240 g/mol. The molecular formula is C13H24N2O2. The van der Waals surface area contributed by atoms with Crippen LogP contribution in [0.2, 0.25) is 0 Å². The van der Waals surface area contributed by atoms with Gasteiger partial charge in [0.25, 0.3) is 0 Å². The summed E-state index contributed by atoms with van der Waals surface area (Å²) in [4.78, 5) is 13.7. The number of carbonyl (C=O) groups is 1. The van der Waals surface area contributed by atoms with Crippen LogP contribution in [0.25, 0.3) is 0 Å². The zero-order valence-electron chi connectivity index (χ0n) is 10.8. The van der Waals surface area contributed by atoms with E-state index in [0.29, 0.717) is 6.54 Å². The first-order valence-electron chi connectivity index (χ1n) is 6.49. The Kier molecular flexibility index (Phi) is 6.89. The zero-order valence-corrected chi connectivity index (χ0v) is 10.8. The van der Waals surface area contributed by atoms with E-state index in [1.807, 2.05) is 0 Å². The van der Waals surface area contributed by atoms with Crippen molar-refractivity contribution in [2.45, 2.75) is 32.3 Å². The molecule has 0 unspecified atom stereocenters. The minimum Gasteiger partial charge on any atom is -0.368 e. The van der Waals surface area contributed by atoms with E-state index in [9.17, 15) is 4.79 Å². The average Bonchev–Trinajstić information content (AvgIpc) is 2.37. The van der Waals surface area contributed by atoms with E-state index in [2.05, 4.69) is 18.8 Å². The van der Waals surface area contributed by atoms with Crippen LogP contribution in [0.1, 0.15) is 26.2 Å². The maximum absolute atomic E-state index is 11.9. The highest BCUT2D eigenvalue weighted by Crippen LogP contribution is 2.07. The molecule has 17 heavy (non-hydrogen) atoms. The number of hydrogen-bond donors (Lipinski definition) is 1. The topological polar surface area (TPSA) is 41.6 Å². The van der Waals surface area contributed by atoms with Crippen LogP contribution in [0, 0.1) is 0 Å². The van der Waals surface area contributed by atoms with Crippen molar-refractivity contribution in [1.29, 1.82) is 0 Å². The molecule has 0 saturated carbocycles. The summed E-state index contributed by atoms with van der Waals surface area (Å²) in [6.07, 6.45) is 4.98. The molecule has 0 aromatic heterocycles. The molecule has 98 valence electrons. The summed E-state index contributed by atoms with van der Waals surface area (Å²) < 4.78 is 5.65. The first-order chi connectivity index (χ1) is 8.27. The molecule has 0 aromatic carbocycles. The maximum atomic E-state index is 11.9. The third-order valence-electron chi connectivity index (χ3n) is 2.92. The minimum absolute atomic E-state index is 0.0743. The Morgan fingerprint density at radius 2 is 2.24 bits per heavy atom. The lowest BCUT2D eigenvalue weighted by Crippen LogP contribution is -2.38. The fourth-order valence-corrected chi connectivity index (χ4v) is 1.99. The Balaban J connectivity index is 2.27. The predicted octanol–water partition coefficient (Wildman–Crippen LogP) is 1.18. The standard InChI is InChI=1S/C13H24N2O2/c1-3-9-15(10-4-2)13(16)11-17-12-5-7-14-8-6-12/h3,12,14H,1,4-11H2,2H3. The molecule has 1 aliphatic heterocycles. The maximum Gasteiger partial charge on any atom is 0.248 e. The van der Waals surface area contributed by atoms with Crippen molar-refractivity contribution in [3.63, 3.8) is 0 Å². The van der Waals surface area contributed by atoms with Gasteiger partial charge in [0.15, 0.2) is 0 Å². The number of nitrogens with one attached hydrogen (secondary N) is 1. The summed E-state index contributed by atoms with van der Waals surface area (Å²) in [5, 5.41) is 3.28. The van der Waals surface area contributed by atoms with Gasteiger partial charge in [-0.05, 0) is 32.4 Å². The largest absolute Gasteiger partial charge is 0.368 e. The van der Waals surface area contributed by atoms with Crippen LogP contribution in [-0.2, 0) is 9.53 Å². The lowest BCUT2D eigenvalue weighted by Gasteiger charge is -2.25. The minimum atomic E-state index is 0.0743. The molecule has 1 fully saturated rings. The van der Waals surface area contributed by atoms with Gasteiger partial charge in [-0.2, -0.15) is 0 Å². The number of hydrogen-bond acceptors (Lipinski definition) is 3. The van der Waals surface area contributed by atoms with E-state index >= 15 is 0 Å². The van der Waals surface area contributed by atoms with E-state index < -0.39 is 0 Å². The van der Waals surface area contributed by atoms with Crippen molar-refractivity contribution in [3.05, 3.63) is 12.7 Å². The lowest BCUT2D eigenvalue weighted by molar-refractivity contribution is -0.138. The molecule has 1 amide bonds. The van der Waals surface area contributed by atoms with E-state index in [4.69, 9.17) is 4.74 Å². The van der Waals surface area contributed by atoms with E-state index in [-0.39, 0.29) is 18.6 Å². The molecule has 1 aliphatic rings. The van der Waals surface area contributed by atoms with Gasteiger partial charge >= 0.3 is 0 Å². The molecule has 1 heterocycles. The molecular weight excluding hydrogens is 216 g/mol. The van der Waals surface area contributed by atoms with E-state index in [1.54, 1.807) is 11.0 Å². The second-order valence-corrected chi connectivity index (χ2v) is 4.39. The Bertz CT molecular complexity index is 238. The van der Waals surface area contributed by atoms with Crippen LogP contribution in [0.4, 0.5) is 0 Å². The number of ether oxygens (including phenoxy) is 1. The van der Waals surface area contributed by atoms with Crippen LogP contribution >= 0.6 is 0 Å². The van der Waals surface area contributed by atoms with Crippen LogP contribution in [-0.4, -0.2) is 49.7 Å². The van der Waals surface area contributed by atoms with Crippen molar-refractivity contribution in [2.24, 2.45) is 0 Å². The highest BCUT2D eigenvalue weighted by Gasteiger charge is 2.17. The SMILES string of the molecule is C=CCN(CCC)C(=O)COC1CCNCC1. The highest BCUT2D eigenvalue weighted by molar-refractivity contribution is 5.77. The van der Waals surface area contributed by atoms with Crippen LogP contribution in [0.15, 0.2) is 12.7 Å². The predicted molar refractivity (Wildman–Crippen MR) is 68.9 cm³/mol. The van der Waals surface area contributed by atoms with Gasteiger partial charge in [-0.15, -0.1) is 6.58 Å². The van der Waals surface area contributed by atoms with Gasteiger partial charge < -0.3 is 15.0 Å². The summed E-state index contributed by atoms with van der Waals surface area (Å²) in [5.74, 6) is 0.0743. The summed E-state index contributed by atoms with van der Waals surface area (Å²) in [6.45, 7) is 9.32. The Labute approximate surface area is 104 Å². The summed E-state index contributed by atoms with van der Waals surface area (Å²) >= 11 is 0. The quantitative estimate of drug-likeness (QED) is 0.679. The van der Waals surface area contributed by atoms with Crippen molar-refractivity contribution in [1.82, 2.24) is 10.2 Å². The van der Waals surface area contributed by atoms with Crippen molar-refractivity contribution in [3.8, 4) is 0 Å². The number of nitrogens with zero attached hydrogens (tertiary/aromatic N) is 1. The molecule has 1 saturated heterocycles. The number of carbonyl (C=O) groups excluding carboxylic acids is 1. The van der Waals surface area contributed by atoms with Crippen molar-refractivity contribution < 1.29 is 9.53 Å². The molecule has 0 spiro atoms. The Hall–Kier alpha value is -0.870. The second-order valence-electron chi connectivity index (χ2n) is 4.39. The zero-order chi connectivity index (χ0) is 12.5. The molecule has 4 nitrogen and oxygen atoms in total. The first-order valence-corrected chi connectivity index (χ1v) is 6.49. The second kappa shape index (κ2) is 8.25. The summed E-state index contributed by atoms with van der Waals surface area (Å²) in [6, 6.07) is 0. The van der Waals surface area contributed by atoms with Gasteiger partial charge in [0, 0.05) is 13.1 Å². The molecule has 0 radical (unpaired) electrons. The molecule has 0 aromatic rings. The van der Waals surface area contributed by atoms with Gasteiger partial charge in [0.2, 0.25) is 5.91 Å². The van der Waals surface area contributed by atoms with Crippen LogP contribution in [0.3, 0.4) is 0 Å². The Morgan fingerprint density at radius 3 is 2.82 bits per heavy atom. The van der Waals surface area contributed by atoms with Gasteiger partial charge in [-0.3, -0.25) is 4.79 Å². The van der Waals surface area contributed by atoms with Gasteiger partial charge in [0.1, 0.15) is 6.61 Å². The number of amides is 1. The molecule has 0 bridgehead atoms. The first kappa shape index (κ1) is 14.2. The van der Waals surface area contributed by atoms with Crippen molar-refractivity contribution in [2.75, 3.05) is 32.8 Å². The fourth-order valence-electron chi connectivity index (χ4n) is 1.99. The molecule has 0 aliphatic carbocycles. The molecule has 0 atom stereocenters. The fraction of sp³-hybridized carbons (Fsp3) is 0.769. The summed E-state index contributed by atoms with van der Waals surface area (Å²) in [7, 11) is 0. The molecule has 1 rings (SSSR count). The van der Waals surface area contributed by atoms with Gasteiger partial charge in [-0.25, -0.2) is 0 Å². The highest BCUT2D eigenvalue weighted by atomic mass is 16.5. The number of piperidine rings is 1. The van der Waals surface area contributed by atoms with Gasteiger partial charge in [-0.1, -0.05) is 13.0 Å². The van der Waals surface area contributed by atoms with Crippen molar-refractivity contribution >= 4 is 5.91 Å². The molecule has 1 N–H and O–H groups in total. The van der Waals surface area contributed by atoms with E-state index in [1.165, 1.54) is 0 Å². The normalized spacial score (nSPS) is 16.8. The third-order valence-corrected chi connectivity index (χ3v) is 2.92. The van der Waals surface area contributed by atoms with E-state index in [0.717, 1.165) is 38.9 Å². The number of rotatable bonds is 7.